The number of fused-ring (bicyclic) bond motifs is 1. The third-order valence-corrected chi connectivity index (χ3v) is 5.95. The summed E-state index contributed by atoms with van der Waals surface area (Å²) in [5.41, 5.74) is 2.75. The number of nitrogens with zero attached hydrogens (tertiary/aromatic N) is 1. The number of hydrogen-bond donors (Lipinski definition) is 2. The van der Waals surface area contributed by atoms with Crippen LogP contribution in [0, 0.1) is 10.1 Å². The molecule has 0 aliphatic carbocycles. The van der Waals surface area contributed by atoms with Gasteiger partial charge in [-0.1, -0.05) is 65.7 Å². The fourth-order valence-corrected chi connectivity index (χ4v) is 4.00. The second kappa shape index (κ2) is 12.6. The summed E-state index contributed by atoms with van der Waals surface area (Å²) in [5.74, 6) is 0.826. The van der Waals surface area contributed by atoms with E-state index in [0.717, 1.165) is 27.6 Å². The van der Waals surface area contributed by atoms with E-state index in [-0.39, 0.29) is 18.1 Å². The van der Waals surface area contributed by atoms with Crippen LogP contribution in [0.15, 0.2) is 78.9 Å². The predicted molar refractivity (Wildman–Crippen MR) is 145 cm³/mol. The summed E-state index contributed by atoms with van der Waals surface area (Å²) < 4.78 is 6.17. The van der Waals surface area contributed by atoms with Crippen molar-refractivity contribution in [3.05, 3.63) is 110 Å². The van der Waals surface area contributed by atoms with E-state index < -0.39 is 4.92 Å². The van der Waals surface area contributed by atoms with Gasteiger partial charge in [0.2, 0.25) is 0 Å². The van der Waals surface area contributed by atoms with Crippen LogP contribution in [-0.4, -0.2) is 18.0 Å². The lowest BCUT2D eigenvalue weighted by atomic mass is 10.0. The Labute approximate surface area is 219 Å². The van der Waals surface area contributed by atoms with Crippen LogP contribution in [0.3, 0.4) is 0 Å². The van der Waals surface area contributed by atoms with Crippen LogP contribution in [0.2, 0.25) is 10.0 Å². The third-order valence-electron chi connectivity index (χ3n) is 5.39. The molecule has 0 aromatic heterocycles. The molecule has 0 saturated carbocycles. The van der Waals surface area contributed by atoms with Crippen LogP contribution in [0.1, 0.15) is 11.1 Å². The first-order valence-corrected chi connectivity index (χ1v) is 11.5. The molecule has 0 fully saturated rings. The summed E-state index contributed by atoms with van der Waals surface area (Å²) in [7, 11) is 0. The number of nitrogens with one attached hydrogen (secondary N) is 2. The molecule has 4 aromatic carbocycles. The van der Waals surface area contributed by atoms with Crippen LogP contribution < -0.4 is 15.4 Å². The van der Waals surface area contributed by atoms with Gasteiger partial charge in [-0.25, -0.2) is 0 Å². The molecule has 0 spiro atoms. The molecular formula is C26H24Cl3N3O3. The normalized spacial score (nSPS) is 10.6. The van der Waals surface area contributed by atoms with E-state index in [0.29, 0.717) is 42.0 Å². The third kappa shape index (κ3) is 6.99. The molecule has 6 nitrogen and oxygen atoms in total. The molecule has 9 heteroatoms. The van der Waals surface area contributed by atoms with Crippen LogP contribution in [-0.2, 0) is 13.2 Å². The molecule has 0 atom stereocenters. The first-order chi connectivity index (χ1) is 16.5. The largest absolute Gasteiger partial charge is 0.489 e. The second-order valence-corrected chi connectivity index (χ2v) is 8.55. The highest BCUT2D eigenvalue weighted by Gasteiger charge is 2.11. The van der Waals surface area contributed by atoms with Crippen molar-refractivity contribution in [3.8, 4) is 5.75 Å². The Balaban J connectivity index is 0.00000342. The minimum atomic E-state index is -0.464. The van der Waals surface area contributed by atoms with Gasteiger partial charge in [0, 0.05) is 42.4 Å². The van der Waals surface area contributed by atoms with E-state index >= 15 is 0 Å². The van der Waals surface area contributed by atoms with Gasteiger partial charge in [0.1, 0.15) is 12.4 Å². The maximum Gasteiger partial charge on any atom is 0.271 e. The Kier molecular flexibility index (Phi) is 9.57. The Morgan fingerprint density at radius 1 is 0.914 bits per heavy atom. The highest BCUT2D eigenvalue weighted by atomic mass is 35.5. The van der Waals surface area contributed by atoms with Crippen molar-refractivity contribution < 1.29 is 9.66 Å². The van der Waals surface area contributed by atoms with Crippen molar-refractivity contribution in [3.63, 3.8) is 0 Å². The number of rotatable bonds is 10. The van der Waals surface area contributed by atoms with Crippen molar-refractivity contribution in [2.24, 2.45) is 0 Å². The Morgan fingerprint density at radius 2 is 1.69 bits per heavy atom. The van der Waals surface area contributed by atoms with Crippen molar-refractivity contribution in [2.75, 3.05) is 18.4 Å². The van der Waals surface area contributed by atoms with Crippen LogP contribution in [0.5, 0.6) is 5.75 Å². The number of nitro groups is 1. The second-order valence-electron chi connectivity index (χ2n) is 7.70. The predicted octanol–water partition coefficient (Wildman–Crippen LogP) is 7.26. The molecule has 0 unspecified atom stereocenters. The van der Waals surface area contributed by atoms with Gasteiger partial charge in [-0.15, -0.1) is 12.4 Å². The zero-order chi connectivity index (χ0) is 23.9. The lowest BCUT2D eigenvalue weighted by Crippen LogP contribution is -2.22. The molecule has 0 radical (unpaired) electrons. The molecule has 0 bridgehead atoms. The van der Waals surface area contributed by atoms with Gasteiger partial charge in [-0.3, -0.25) is 10.1 Å². The van der Waals surface area contributed by atoms with Gasteiger partial charge < -0.3 is 15.4 Å². The molecule has 0 amide bonds. The topological polar surface area (TPSA) is 76.4 Å². The van der Waals surface area contributed by atoms with E-state index in [1.165, 1.54) is 12.1 Å². The Bertz CT molecular complexity index is 1300. The molecular weight excluding hydrogens is 509 g/mol. The first kappa shape index (κ1) is 26.6. The highest BCUT2D eigenvalue weighted by molar-refractivity contribution is 6.33. The zero-order valence-electron chi connectivity index (χ0n) is 18.7. The SMILES string of the molecule is Cl.O=[N+]([O-])c1ccc(NCCNCc2c(OCc3ccc(Cl)cc3)ccc3ccccc23)c(Cl)c1. The summed E-state index contributed by atoms with van der Waals surface area (Å²) in [4.78, 5) is 10.4. The van der Waals surface area contributed by atoms with Crippen LogP contribution in [0.25, 0.3) is 10.8 Å². The molecule has 0 heterocycles. The van der Waals surface area contributed by atoms with Crippen LogP contribution >= 0.6 is 35.6 Å². The Morgan fingerprint density at radius 3 is 2.43 bits per heavy atom. The number of nitro benzene ring substituents is 1. The number of non-ortho nitro benzene ring substituents is 1. The molecule has 4 rings (SSSR count). The molecule has 0 aliphatic heterocycles. The number of hydrogen-bond acceptors (Lipinski definition) is 5. The first-order valence-electron chi connectivity index (χ1n) is 10.8. The van der Waals surface area contributed by atoms with Crippen molar-refractivity contribution in [1.82, 2.24) is 5.32 Å². The molecule has 0 aliphatic rings. The summed E-state index contributed by atoms with van der Waals surface area (Å²) in [5, 5.41) is 20.8. The van der Waals surface area contributed by atoms with E-state index in [9.17, 15) is 10.1 Å². The number of anilines is 1. The summed E-state index contributed by atoms with van der Waals surface area (Å²) in [6, 6.07) is 24.3. The lowest BCUT2D eigenvalue weighted by Gasteiger charge is -2.16. The minimum absolute atomic E-state index is 0. The number of halogens is 3. The Hall–Kier alpha value is -3.03. The number of benzene rings is 4. The molecule has 0 saturated heterocycles. The molecule has 4 aromatic rings. The van der Waals surface area contributed by atoms with Crippen molar-refractivity contribution in [2.45, 2.75) is 13.2 Å². The van der Waals surface area contributed by atoms with E-state index in [1.54, 1.807) is 6.07 Å². The lowest BCUT2D eigenvalue weighted by molar-refractivity contribution is -0.384. The van der Waals surface area contributed by atoms with Gasteiger partial charge >= 0.3 is 0 Å². The fraction of sp³-hybridized carbons (Fsp3) is 0.154. The molecule has 2 N–H and O–H groups in total. The maximum absolute atomic E-state index is 10.9. The molecule has 182 valence electrons. The van der Waals surface area contributed by atoms with Crippen molar-refractivity contribution in [1.29, 1.82) is 0 Å². The van der Waals surface area contributed by atoms with E-state index in [4.69, 9.17) is 27.9 Å². The van der Waals surface area contributed by atoms with Gasteiger partial charge in [0.15, 0.2) is 0 Å². The van der Waals surface area contributed by atoms with Gasteiger partial charge in [-0.05, 0) is 40.6 Å². The summed E-state index contributed by atoms with van der Waals surface area (Å²) in [6.45, 7) is 2.33. The quantitative estimate of drug-likeness (QED) is 0.128. The highest BCUT2D eigenvalue weighted by Crippen LogP contribution is 2.29. The summed E-state index contributed by atoms with van der Waals surface area (Å²) >= 11 is 12.1. The summed E-state index contributed by atoms with van der Waals surface area (Å²) in [6.07, 6.45) is 0. The average molecular weight is 533 g/mol. The van der Waals surface area contributed by atoms with Gasteiger partial charge in [0.05, 0.1) is 15.6 Å². The molecule has 35 heavy (non-hydrogen) atoms. The average Bonchev–Trinajstić information content (AvgIpc) is 2.84. The monoisotopic (exact) mass is 531 g/mol. The van der Waals surface area contributed by atoms with Crippen molar-refractivity contribution >= 4 is 57.8 Å². The zero-order valence-corrected chi connectivity index (χ0v) is 21.0. The smallest absolute Gasteiger partial charge is 0.271 e. The standard InChI is InChI=1S/C26H23Cl2N3O3.ClH/c27-20-8-5-18(6-9-20)17-34-26-12-7-19-3-1-2-4-22(19)23(26)16-29-13-14-30-25-11-10-21(31(32)33)15-24(25)28;/h1-12,15,29-30H,13-14,16-17H2;1H. The van der Waals surface area contributed by atoms with E-state index in [2.05, 4.69) is 28.8 Å². The van der Waals surface area contributed by atoms with Gasteiger partial charge in [0.25, 0.3) is 5.69 Å². The number of ether oxygens (including phenoxy) is 1. The van der Waals surface area contributed by atoms with E-state index in [1.807, 2.05) is 42.5 Å². The van der Waals surface area contributed by atoms with Crippen LogP contribution in [0.4, 0.5) is 11.4 Å². The van der Waals surface area contributed by atoms with Gasteiger partial charge in [-0.2, -0.15) is 0 Å². The minimum Gasteiger partial charge on any atom is -0.489 e. The maximum atomic E-state index is 10.9. The fourth-order valence-electron chi connectivity index (χ4n) is 3.64.